The SMILES string of the molecule is Cc1nc2ccc(I)cc2c(=O)n1-c1ccc(-c2cc(-c3ccc(Cl)cc3)c(C#N)c(=S)[nH]2)cc1. The highest BCUT2D eigenvalue weighted by atomic mass is 127. The zero-order valence-electron chi connectivity index (χ0n) is 18.3. The summed E-state index contributed by atoms with van der Waals surface area (Å²) < 4.78 is 2.95. The van der Waals surface area contributed by atoms with Crippen LogP contribution in [0.1, 0.15) is 11.4 Å². The maximum atomic E-state index is 13.3. The van der Waals surface area contributed by atoms with E-state index in [4.69, 9.17) is 23.8 Å². The lowest BCUT2D eigenvalue weighted by Crippen LogP contribution is -2.22. The third-order valence-electron chi connectivity index (χ3n) is 5.73. The first kappa shape index (κ1) is 23.4. The van der Waals surface area contributed by atoms with Gasteiger partial charge in [0.15, 0.2) is 0 Å². The van der Waals surface area contributed by atoms with Crippen LogP contribution in [0.4, 0.5) is 0 Å². The van der Waals surface area contributed by atoms with Crippen molar-refractivity contribution in [1.29, 1.82) is 5.26 Å². The fraction of sp³-hybridized carbons (Fsp3) is 0.0370. The van der Waals surface area contributed by atoms with E-state index in [0.717, 1.165) is 31.6 Å². The second-order valence-electron chi connectivity index (χ2n) is 7.93. The molecule has 1 N–H and O–H groups in total. The van der Waals surface area contributed by atoms with Crippen LogP contribution in [0.2, 0.25) is 5.02 Å². The second-order valence-corrected chi connectivity index (χ2v) is 10.0. The minimum Gasteiger partial charge on any atom is -0.345 e. The first-order valence-electron chi connectivity index (χ1n) is 10.6. The number of aromatic nitrogens is 3. The summed E-state index contributed by atoms with van der Waals surface area (Å²) in [5, 5.41) is 10.9. The molecule has 0 bridgehead atoms. The van der Waals surface area contributed by atoms with Gasteiger partial charge in [0.25, 0.3) is 5.56 Å². The van der Waals surface area contributed by atoms with E-state index in [2.05, 4.69) is 38.6 Å². The Morgan fingerprint density at radius 3 is 2.40 bits per heavy atom. The summed E-state index contributed by atoms with van der Waals surface area (Å²) in [6, 6.07) is 24.6. The monoisotopic (exact) mass is 606 g/mol. The average Bonchev–Trinajstić information content (AvgIpc) is 2.85. The number of aromatic amines is 1. The number of fused-ring (bicyclic) bond motifs is 1. The molecule has 0 saturated carbocycles. The summed E-state index contributed by atoms with van der Waals surface area (Å²) in [5.74, 6) is 0.610. The predicted molar refractivity (Wildman–Crippen MR) is 151 cm³/mol. The Hall–Kier alpha value is -3.32. The maximum absolute atomic E-state index is 13.3. The van der Waals surface area contributed by atoms with E-state index in [1.807, 2.05) is 67.6 Å². The van der Waals surface area contributed by atoms with Gasteiger partial charge in [-0.15, -0.1) is 0 Å². The van der Waals surface area contributed by atoms with Gasteiger partial charge in [0, 0.05) is 19.9 Å². The van der Waals surface area contributed by atoms with Crippen molar-refractivity contribution in [2.24, 2.45) is 0 Å². The molecule has 0 spiro atoms. The molecule has 0 aliphatic rings. The molecule has 2 heterocycles. The number of aryl methyl sites for hydroxylation is 1. The molecule has 3 aromatic carbocycles. The van der Waals surface area contributed by atoms with Crippen molar-refractivity contribution in [1.82, 2.24) is 14.5 Å². The zero-order chi connectivity index (χ0) is 24.7. The largest absolute Gasteiger partial charge is 0.345 e. The van der Waals surface area contributed by atoms with E-state index in [-0.39, 0.29) is 5.56 Å². The third-order valence-corrected chi connectivity index (χ3v) is 6.96. The molecule has 5 rings (SSSR count). The number of H-pyrrole nitrogens is 1. The van der Waals surface area contributed by atoms with Gasteiger partial charge in [0.2, 0.25) is 0 Å². The lowest BCUT2D eigenvalue weighted by Gasteiger charge is -2.13. The molecule has 5 nitrogen and oxygen atoms in total. The normalized spacial score (nSPS) is 10.9. The Kier molecular flexibility index (Phi) is 6.28. The lowest BCUT2D eigenvalue weighted by atomic mass is 9.99. The van der Waals surface area contributed by atoms with Crippen molar-refractivity contribution < 1.29 is 0 Å². The molecule has 0 radical (unpaired) electrons. The predicted octanol–water partition coefficient (Wildman–Crippen LogP) is 7.22. The van der Waals surface area contributed by atoms with Crippen LogP contribution >= 0.6 is 46.4 Å². The van der Waals surface area contributed by atoms with Gasteiger partial charge in [-0.3, -0.25) is 9.36 Å². The fourth-order valence-electron chi connectivity index (χ4n) is 4.05. The van der Waals surface area contributed by atoms with Crippen molar-refractivity contribution in [3.05, 3.63) is 108 Å². The summed E-state index contributed by atoms with van der Waals surface area (Å²) in [6.45, 7) is 1.82. The van der Waals surface area contributed by atoms with Crippen molar-refractivity contribution in [2.75, 3.05) is 0 Å². The van der Waals surface area contributed by atoms with Gasteiger partial charge in [-0.2, -0.15) is 5.26 Å². The van der Waals surface area contributed by atoms with Crippen molar-refractivity contribution >= 4 is 57.3 Å². The molecule has 0 aliphatic carbocycles. The number of nitrogens with one attached hydrogen (secondary N) is 1. The highest BCUT2D eigenvalue weighted by molar-refractivity contribution is 14.1. The fourth-order valence-corrected chi connectivity index (χ4v) is 4.93. The first-order valence-corrected chi connectivity index (χ1v) is 12.5. The number of nitriles is 1. The van der Waals surface area contributed by atoms with E-state index in [1.54, 1.807) is 16.7 Å². The number of hydrogen-bond acceptors (Lipinski definition) is 4. The van der Waals surface area contributed by atoms with Gasteiger partial charge in [-0.1, -0.05) is 48.1 Å². The van der Waals surface area contributed by atoms with Crippen LogP contribution in [-0.4, -0.2) is 14.5 Å². The number of benzene rings is 3. The Morgan fingerprint density at radius 2 is 1.71 bits per heavy atom. The van der Waals surface area contributed by atoms with Crippen LogP contribution in [-0.2, 0) is 0 Å². The zero-order valence-corrected chi connectivity index (χ0v) is 22.1. The van der Waals surface area contributed by atoms with Crippen LogP contribution in [0.15, 0.2) is 77.6 Å². The van der Waals surface area contributed by atoms with E-state index >= 15 is 0 Å². The van der Waals surface area contributed by atoms with Gasteiger partial charge in [0.1, 0.15) is 16.5 Å². The second kappa shape index (κ2) is 9.38. The summed E-state index contributed by atoms with van der Waals surface area (Å²) >= 11 is 13.7. The topological polar surface area (TPSA) is 74.5 Å². The molecular weight excluding hydrogens is 591 g/mol. The molecule has 0 saturated heterocycles. The maximum Gasteiger partial charge on any atom is 0.265 e. The number of rotatable bonds is 3. The number of hydrogen-bond donors (Lipinski definition) is 1. The minimum atomic E-state index is -0.110. The highest BCUT2D eigenvalue weighted by Gasteiger charge is 2.13. The molecular formula is C27H16ClIN4OS. The van der Waals surface area contributed by atoms with Crippen LogP contribution in [0.5, 0.6) is 0 Å². The number of pyridine rings is 1. The Morgan fingerprint density at radius 1 is 1.03 bits per heavy atom. The molecule has 0 aliphatic heterocycles. The summed E-state index contributed by atoms with van der Waals surface area (Å²) in [7, 11) is 0. The number of nitrogens with zero attached hydrogens (tertiary/aromatic N) is 3. The van der Waals surface area contributed by atoms with Gasteiger partial charge in [-0.25, -0.2) is 4.98 Å². The molecule has 8 heteroatoms. The molecule has 0 unspecified atom stereocenters. The van der Waals surface area contributed by atoms with E-state index in [1.165, 1.54) is 0 Å². The van der Waals surface area contributed by atoms with E-state index in [0.29, 0.717) is 32.0 Å². The Bertz CT molecular complexity index is 1770. The van der Waals surface area contributed by atoms with Crippen molar-refractivity contribution in [2.45, 2.75) is 6.92 Å². The van der Waals surface area contributed by atoms with E-state index in [9.17, 15) is 10.1 Å². The van der Waals surface area contributed by atoms with Gasteiger partial charge >= 0.3 is 0 Å². The minimum absolute atomic E-state index is 0.110. The quantitative estimate of drug-likeness (QED) is 0.174. The highest BCUT2D eigenvalue weighted by Crippen LogP contribution is 2.30. The van der Waals surface area contributed by atoms with Crippen LogP contribution in [0.3, 0.4) is 0 Å². The summed E-state index contributed by atoms with van der Waals surface area (Å²) in [5.41, 5.74) is 4.91. The van der Waals surface area contributed by atoms with Gasteiger partial charge < -0.3 is 4.98 Å². The first-order chi connectivity index (χ1) is 16.9. The van der Waals surface area contributed by atoms with Crippen molar-refractivity contribution in [3.63, 3.8) is 0 Å². The molecule has 0 amide bonds. The summed E-state index contributed by atoms with van der Waals surface area (Å²) in [4.78, 5) is 21.0. The van der Waals surface area contributed by atoms with Crippen LogP contribution in [0, 0.1) is 26.5 Å². The Labute approximate surface area is 224 Å². The van der Waals surface area contributed by atoms with Crippen LogP contribution in [0.25, 0.3) is 39.0 Å². The molecule has 2 aromatic heterocycles. The summed E-state index contributed by atoms with van der Waals surface area (Å²) in [6.07, 6.45) is 0. The molecule has 170 valence electrons. The van der Waals surface area contributed by atoms with Crippen molar-refractivity contribution in [3.8, 4) is 34.1 Å². The molecule has 0 atom stereocenters. The third kappa shape index (κ3) is 4.41. The van der Waals surface area contributed by atoms with Crippen LogP contribution < -0.4 is 5.56 Å². The lowest BCUT2D eigenvalue weighted by molar-refractivity contribution is 0.895. The standard InChI is InChI=1S/C27H16ClIN4OS/c1-15-31-24-11-8-19(29)12-22(24)27(34)33(15)20-9-4-17(5-10-20)25-13-21(23(14-30)26(35)32-25)16-2-6-18(28)7-3-16/h2-13H,1H3,(H,32,35). The van der Waals surface area contributed by atoms with Gasteiger partial charge in [0.05, 0.1) is 22.2 Å². The number of halogens is 2. The van der Waals surface area contributed by atoms with E-state index < -0.39 is 0 Å². The molecule has 5 aromatic rings. The Balaban J connectivity index is 1.61. The average molecular weight is 607 g/mol. The molecule has 35 heavy (non-hydrogen) atoms. The molecule has 0 fully saturated rings. The smallest absolute Gasteiger partial charge is 0.265 e. The van der Waals surface area contributed by atoms with Gasteiger partial charge in [-0.05, 0) is 89.2 Å².